The predicted molar refractivity (Wildman–Crippen MR) is 109 cm³/mol. The maximum atomic E-state index is 12.5. The maximum absolute atomic E-state index is 12.5. The van der Waals surface area contributed by atoms with Crippen LogP contribution in [-0.4, -0.2) is 34.6 Å². The third kappa shape index (κ3) is 5.50. The number of benzene rings is 2. The minimum Gasteiger partial charge on any atom is -0.422 e. The molecule has 0 spiro atoms. The van der Waals surface area contributed by atoms with Crippen LogP contribution in [0.5, 0.6) is 0 Å². The number of sulfonamides is 1. The Labute approximate surface area is 167 Å². The number of para-hydroxylation sites is 1. The molecule has 3 aromatic rings. The van der Waals surface area contributed by atoms with E-state index >= 15 is 0 Å². The van der Waals surface area contributed by atoms with E-state index in [0.29, 0.717) is 22.2 Å². The van der Waals surface area contributed by atoms with Crippen molar-refractivity contribution in [3.8, 4) is 0 Å². The molecule has 1 amide bonds. The molecule has 0 atom stereocenters. The second-order valence-corrected chi connectivity index (χ2v) is 8.09. The average molecular weight is 416 g/mol. The van der Waals surface area contributed by atoms with Gasteiger partial charge in [-0.2, -0.15) is 0 Å². The number of ether oxygens (including phenoxy) is 1. The van der Waals surface area contributed by atoms with Gasteiger partial charge >= 0.3 is 5.63 Å². The normalized spacial score (nSPS) is 11.5. The minimum atomic E-state index is -3.54. The van der Waals surface area contributed by atoms with E-state index in [9.17, 15) is 18.0 Å². The summed E-state index contributed by atoms with van der Waals surface area (Å²) in [7, 11) is -2.06. The highest BCUT2D eigenvalue weighted by atomic mass is 32.2. The summed E-state index contributed by atoms with van der Waals surface area (Å²) in [6.07, 6.45) is 0. The minimum absolute atomic E-state index is 0.136. The number of amides is 1. The summed E-state index contributed by atoms with van der Waals surface area (Å²) < 4.78 is 36.6. The Morgan fingerprint density at radius 3 is 2.69 bits per heavy atom. The molecule has 0 aliphatic heterocycles. The number of carbonyl (C=O) groups is 1. The van der Waals surface area contributed by atoms with Crippen molar-refractivity contribution in [3.05, 3.63) is 76.1 Å². The van der Waals surface area contributed by atoms with Crippen LogP contribution in [0.2, 0.25) is 0 Å². The number of hydrogen-bond acceptors (Lipinski definition) is 6. The lowest BCUT2D eigenvalue weighted by Gasteiger charge is -2.09. The van der Waals surface area contributed by atoms with Gasteiger partial charge in [-0.3, -0.25) is 4.79 Å². The van der Waals surface area contributed by atoms with Crippen LogP contribution in [0.1, 0.15) is 15.9 Å². The van der Waals surface area contributed by atoms with Gasteiger partial charge in [0.15, 0.2) is 0 Å². The molecule has 1 heterocycles. The maximum Gasteiger partial charge on any atom is 0.349 e. The van der Waals surface area contributed by atoms with Gasteiger partial charge in [0, 0.05) is 24.7 Å². The fourth-order valence-electron chi connectivity index (χ4n) is 2.73. The first-order valence-corrected chi connectivity index (χ1v) is 10.4. The number of carbonyl (C=O) groups excluding carboxylic acids is 1. The Morgan fingerprint density at radius 1 is 1.10 bits per heavy atom. The van der Waals surface area contributed by atoms with E-state index in [1.807, 2.05) is 0 Å². The lowest BCUT2D eigenvalue weighted by molar-refractivity contribution is 0.102. The van der Waals surface area contributed by atoms with Gasteiger partial charge in [-0.1, -0.05) is 30.3 Å². The van der Waals surface area contributed by atoms with Gasteiger partial charge in [0.05, 0.1) is 12.4 Å². The summed E-state index contributed by atoms with van der Waals surface area (Å²) in [4.78, 5) is 24.7. The Kier molecular flexibility index (Phi) is 6.42. The Hall–Kier alpha value is -3.01. The van der Waals surface area contributed by atoms with E-state index in [2.05, 4.69) is 10.0 Å². The van der Waals surface area contributed by atoms with Gasteiger partial charge in [-0.05, 0) is 29.8 Å². The van der Waals surface area contributed by atoms with Crippen LogP contribution in [0.15, 0.2) is 63.8 Å². The SMILES string of the molecule is COCCNS(=O)(=O)Cc1cccc(NC(=O)c2cc3ccccc3oc2=O)c1. The second-order valence-electron chi connectivity index (χ2n) is 6.29. The first kappa shape index (κ1) is 20.7. The van der Waals surface area contributed by atoms with Crippen molar-refractivity contribution < 1.29 is 22.4 Å². The zero-order valence-corrected chi connectivity index (χ0v) is 16.5. The van der Waals surface area contributed by atoms with Crippen molar-refractivity contribution in [1.82, 2.24) is 4.72 Å². The van der Waals surface area contributed by atoms with E-state index in [4.69, 9.17) is 9.15 Å². The topological polar surface area (TPSA) is 115 Å². The van der Waals surface area contributed by atoms with Crippen LogP contribution in [0, 0.1) is 0 Å². The van der Waals surface area contributed by atoms with Crippen LogP contribution >= 0.6 is 0 Å². The van der Waals surface area contributed by atoms with Gasteiger partial charge in [0.2, 0.25) is 10.0 Å². The highest BCUT2D eigenvalue weighted by Crippen LogP contribution is 2.16. The number of hydrogen-bond donors (Lipinski definition) is 2. The Balaban J connectivity index is 1.76. The standard InChI is InChI=1S/C20H20N2O6S/c1-27-10-9-21-29(25,26)13-14-5-4-7-16(11-14)22-19(23)17-12-15-6-2-3-8-18(15)28-20(17)24/h2-8,11-12,21H,9-10,13H2,1H3,(H,22,23). The van der Waals surface area contributed by atoms with Crippen molar-refractivity contribution in [2.45, 2.75) is 5.75 Å². The molecular formula is C20H20N2O6S. The molecule has 2 aromatic carbocycles. The van der Waals surface area contributed by atoms with Gasteiger partial charge in [0.25, 0.3) is 5.91 Å². The van der Waals surface area contributed by atoms with Gasteiger partial charge in [-0.25, -0.2) is 17.9 Å². The molecule has 0 unspecified atom stereocenters. The molecule has 0 saturated heterocycles. The number of fused-ring (bicyclic) bond motifs is 1. The summed E-state index contributed by atoms with van der Waals surface area (Å²) >= 11 is 0. The molecule has 29 heavy (non-hydrogen) atoms. The lowest BCUT2D eigenvalue weighted by atomic mass is 10.1. The lowest BCUT2D eigenvalue weighted by Crippen LogP contribution is -2.28. The van der Waals surface area contributed by atoms with E-state index in [1.165, 1.54) is 19.2 Å². The van der Waals surface area contributed by atoms with Gasteiger partial charge in [0.1, 0.15) is 11.1 Å². The van der Waals surface area contributed by atoms with Crippen molar-refractivity contribution in [1.29, 1.82) is 0 Å². The quantitative estimate of drug-likeness (QED) is 0.429. The van der Waals surface area contributed by atoms with Gasteiger partial charge in [-0.15, -0.1) is 0 Å². The summed E-state index contributed by atoms with van der Waals surface area (Å²) in [6.45, 7) is 0.441. The number of rotatable bonds is 8. The van der Waals surface area contributed by atoms with Crippen LogP contribution in [0.25, 0.3) is 11.0 Å². The van der Waals surface area contributed by atoms with Gasteiger partial charge < -0.3 is 14.5 Å². The van der Waals surface area contributed by atoms with E-state index < -0.39 is 21.6 Å². The molecule has 2 N–H and O–H groups in total. The molecule has 152 valence electrons. The second kappa shape index (κ2) is 8.99. The first-order valence-electron chi connectivity index (χ1n) is 8.77. The Bertz CT molecular complexity index is 1190. The highest BCUT2D eigenvalue weighted by Gasteiger charge is 2.15. The van der Waals surface area contributed by atoms with Crippen molar-refractivity contribution in [3.63, 3.8) is 0 Å². The number of anilines is 1. The summed E-state index contributed by atoms with van der Waals surface area (Å²) in [5, 5.41) is 3.23. The summed E-state index contributed by atoms with van der Waals surface area (Å²) in [6, 6.07) is 14.7. The molecule has 0 aliphatic carbocycles. The van der Waals surface area contributed by atoms with Crippen molar-refractivity contribution in [2.75, 3.05) is 25.6 Å². The Morgan fingerprint density at radius 2 is 1.90 bits per heavy atom. The highest BCUT2D eigenvalue weighted by molar-refractivity contribution is 7.88. The van der Waals surface area contributed by atoms with Crippen LogP contribution in [0.4, 0.5) is 5.69 Å². The molecule has 8 nitrogen and oxygen atoms in total. The molecule has 0 saturated carbocycles. The monoisotopic (exact) mass is 416 g/mol. The summed E-state index contributed by atoms with van der Waals surface area (Å²) in [5.41, 5.74) is 0.359. The number of nitrogens with one attached hydrogen (secondary N) is 2. The zero-order valence-electron chi connectivity index (χ0n) is 15.7. The smallest absolute Gasteiger partial charge is 0.349 e. The third-order valence-electron chi connectivity index (χ3n) is 4.06. The molecule has 3 rings (SSSR count). The molecular weight excluding hydrogens is 396 g/mol. The number of methoxy groups -OCH3 is 1. The molecule has 0 radical (unpaired) electrons. The van der Waals surface area contributed by atoms with Crippen molar-refractivity contribution in [2.24, 2.45) is 0 Å². The van der Waals surface area contributed by atoms with Crippen LogP contribution < -0.4 is 15.7 Å². The largest absolute Gasteiger partial charge is 0.422 e. The third-order valence-corrected chi connectivity index (χ3v) is 5.41. The molecule has 1 aromatic heterocycles. The molecule has 0 aliphatic rings. The summed E-state index contributed by atoms with van der Waals surface area (Å²) in [5.74, 6) is -0.888. The zero-order chi connectivity index (χ0) is 20.9. The first-order chi connectivity index (χ1) is 13.9. The predicted octanol–water partition coefficient (Wildman–Crippen LogP) is 2.11. The van der Waals surface area contributed by atoms with E-state index in [-0.39, 0.29) is 24.5 Å². The average Bonchev–Trinajstić information content (AvgIpc) is 2.67. The fourth-order valence-corrected chi connectivity index (χ4v) is 3.84. The fraction of sp³-hybridized carbons (Fsp3) is 0.200. The van der Waals surface area contributed by atoms with E-state index in [1.54, 1.807) is 42.5 Å². The molecule has 9 heteroatoms. The van der Waals surface area contributed by atoms with Crippen LogP contribution in [0.3, 0.4) is 0 Å². The molecule has 0 bridgehead atoms. The van der Waals surface area contributed by atoms with Crippen LogP contribution in [-0.2, 0) is 20.5 Å². The van der Waals surface area contributed by atoms with E-state index in [0.717, 1.165) is 0 Å². The molecule has 0 fully saturated rings. The van der Waals surface area contributed by atoms with Crippen molar-refractivity contribution >= 4 is 32.6 Å².